The van der Waals surface area contributed by atoms with Gasteiger partial charge in [0.25, 0.3) is 0 Å². The van der Waals surface area contributed by atoms with Crippen LogP contribution in [-0.4, -0.2) is 33.4 Å². The molecule has 2 rings (SSSR count). The van der Waals surface area contributed by atoms with Crippen molar-refractivity contribution in [2.75, 3.05) is 27.4 Å². The fourth-order valence-electron chi connectivity index (χ4n) is 2.05. The molecule has 0 aliphatic rings. The zero-order valence-electron chi connectivity index (χ0n) is 14.2. The van der Waals surface area contributed by atoms with Crippen LogP contribution in [-0.2, 0) is 6.54 Å². The summed E-state index contributed by atoms with van der Waals surface area (Å²) in [5, 5.41) is 6.16. The van der Waals surface area contributed by atoms with Crippen molar-refractivity contribution in [3.63, 3.8) is 0 Å². The van der Waals surface area contributed by atoms with E-state index in [0.29, 0.717) is 42.0 Å². The predicted molar refractivity (Wildman–Crippen MR) is 96.7 cm³/mol. The van der Waals surface area contributed by atoms with Gasteiger partial charge in [-0.1, -0.05) is 23.7 Å². The zero-order chi connectivity index (χ0) is 18.1. The van der Waals surface area contributed by atoms with Gasteiger partial charge in [0, 0.05) is 29.8 Å². The number of carbonyl (C=O) groups excluding carboxylic acids is 1. The number of hydrogen-bond acceptors (Lipinski definition) is 4. The largest absolute Gasteiger partial charge is 0.496 e. The molecule has 0 unspecified atom stereocenters. The Morgan fingerprint density at radius 2 is 1.56 bits per heavy atom. The van der Waals surface area contributed by atoms with Crippen molar-refractivity contribution >= 4 is 17.6 Å². The van der Waals surface area contributed by atoms with E-state index in [0.717, 1.165) is 5.56 Å². The van der Waals surface area contributed by atoms with Gasteiger partial charge in [-0.2, -0.15) is 0 Å². The van der Waals surface area contributed by atoms with E-state index in [9.17, 15) is 4.79 Å². The summed E-state index contributed by atoms with van der Waals surface area (Å²) in [6.07, 6.45) is 0. The molecule has 2 N–H and O–H groups in total. The van der Waals surface area contributed by atoms with E-state index in [2.05, 4.69) is 10.6 Å². The van der Waals surface area contributed by atoms with Gasteiger partial charge in [0.1, 0.15) is 23.9 Å². The van der Waals surface area contributed by atoms with E-state index in [-0.39, 0.29) is 6.03 Å². The topological polar surface area (TPSA) is 68.8 Å². The predicted octanol–water partition coefficient (Wildman–Crippen LogP) is 3.24. The highest BCUT2D eigenvalue weighted by Crippen LogP contribution is 2.27. The minimum Gasteiger partial charge on any atom is -0.496 e. The molecule has 0 atom stereocenters. The molecule has 0 spiro atoms. The summed E-state index contributed by atoms with van der Waals surface area (Å²) in [7, 11) is 3.15. The number of urea groups is 1. The van der Waals surface area contributed by atoms with Crippen LogP contribution in [0.4, 0.5) is 4.79 Å². The summed E-state index contributed by atoms with van der Waals surface area (Å²) >= 11 is 5.82. The fraction of sp³-hybridized carbons (Fsp3) is 0.278. The van der Waals surface area contributed by atoms with E-state index in [1.807, 2.05) is 12.1 Å². The number of amides is 2. The van der Waals surface area contributed by atoms with Gasteiger partial charge >= 0.3 is 6.03 Å². The third-order valence-electron chi connectivity index (χ3n) is 3.35. The Kier molecular flexibility index (Phi) is 7.22. The first-order chi connectivity index (χ1) is 12.1. The molecular weight excluding hydrogens is 344 g/mol. The molecule has 2 aromatic carbocycles. The number of ether oxygens (including phenoxy) is 3. The van der Waals surface area contributed by atoms with Crippen LogP contribution in [0, 0.1) is 0 Å². The Hall–Kier alpha value is -2.60. The monoisotopic (exact) mass is 364 g/mol. The molecule has 0 aliphatic carbocycles. The zero-order valence-corrected chi connectivity index (χ0v) is 14.9. The lowest BCUT2D eigenvalue weighted by molar-refractivity contribution is 0.236. The Morgan fingerprint density at radius 3 is 2.16 bits per heavy atom. The summed E-state index contributed by atoms with van der Waals surface area (Å²) in [6, 6.07) is 12.3. The molecule has 6 nitrogen and oxygen atoms in total. The maximum Gasteiger partial charge on any atom is 0.315 e. The quantitative estimate of drug-likeness (QED) is 0.705. The third-order valence-corrected chi connectivity index (χ3v) is 3.60. The van der Waals surface area contributed by atoms with Crippen LogP contribution in [0.15, 0.2) is 42.5 Å². The Bertz CT molecular complexity index is 670. The van der Waals surface area contributed by atoms with Crippen molar-refractivity contribution in [2.45, 2.75) is 6.54 Å². The van der Waals surface area contributed by atoms with Gasteiger partial charge in [0.05, 0.1) is 20.8 Å². The SMILES string of the molecule is COc1cc(OC)cc(OCCNC(=O)NCc2ccc(Cl)cc2)c1. The lowest BCUT2D eigenvalue weighted by Crippen LogP contribution is -2.37. The van der Waals surface area contributed by atoms with Gasteiger partial charge in [-0.25, -0.2) is 4.79 Å². The molecular formula is C18H21ClN2O4. The first-order valence-electron chi connectivity index (χ1n) is 7.72. The molecule has 0 saturated heterocycles. The molecule has 0 aliphatic heterocycles. The highest BCUT2D eigenvalue weighted by molar-refractivity contribution is 6.30. The average Bonchev–Trinajstić information content (AvgIpc) is 2.64. The van der Waals surface area contributed by atoms with Crippen molar-refractivity contribution in [3.8, 4) is 17.2 Å². The Labute approximate surface area is 152 Å². The standard InChI is InChI=1S/C18H21ClN2O4/c1-23-15-9-16(24-2)11-17(10-15)25-8-7-20-18(22)21-12-13-3-5-14(19)6-4-13/h3-6,9-11H,7-8,12H2,1-2H3,(H2,20,21,22). The summed E-state index contributed by atoms with van der Waals surface area (Å²) in [4.78, 5) is 11.8. The second kappa shape index (κ2) is 9.64. The number of carbonyl (C=O) groups is 1. The molecule has 25 heavy (non-hydrogen) atoms. The first kappa shape index (κ1) is 18.7. The Balaban J connectivity index is 1.70. The molecule has 0 heterocycles. The number of methoxy groups -OCH3 is 2. The van der Waals surface area contributed by atoms with Gasteiger partial charge in [-0.05, 0) is 17.7 Å². The maximum absolute atomic E-state index is 11.8. The average molecular weight is 365 g/mol. The van der Waals surface area contributed by atoms with Gasteiger partial charge in [-0.15, -0.1) is 0 Å². The van der Waals surface area contributed by atoms with Crippen molar-refractivity contribution < 1.29 is 19.0 Å². The summed E-state index contributed by atoms with van der Waals surface area (Å²) < 4.78 is 16.0. The second-order valence-electron chi connectivity index (χ2n) is 5.13. The first-order valence-corrected chi connectivity index (χ1v) is 8.10. The van der Waals surface area contributed by atoms with Crippen LogP contribution < -0.4 is 24.8 Å². The van der Waals surface area contributed by atoms with Gasteiger partial charge in [0.2, 0.25) is 0 Å². The van der Waals surface area contributed by atoms with Gasteiger partial charge < -0.3 is 24.8 Å². The number of benzene rings is 2. The van der Waals surface area contributed by atoms with E-state index >= 15 is 0 Å². The van der Waals surface area contributed by atoms with Crippen LogP contribution in [0.3, 0.4) is 0 Å². The minimum atomic E-state index is -0.262. The number of halogens is 1. The summed E-state index contributed by atoms with van der Waals surface area (Å²) in [5.41, 5.74) is 0.972. The van der Waals surface area contributed by atoms with Crippen molar-refractivity contribution in [3.05, 3.63) is 53.1 Å². The van der Waals surface area contributed by atoms with Crippen LogP contribution in [0.1, 0.15) is 5.56 Å². The van der Waals surface area contributed by atoms with Crippen LogP contribution in [0.25, 0.3) is 0 Å². The molecule has 7 heteroatoms. The molecule has 2 aromatic rings. The molecule has 0 bridgehead atoms. The van der Waals surface area contributed by atoms with E-state index in [1.165, 1.54) is 0 Å². The van der Waals surface area contributed by atoms with E-state index in [1.54, 1.807) is 44.6 Å². The van der Waals surface area contributed by atoms with Crippen molar-refractivity contribution in [1.82, 2.24) is 10.6 Å². The fourth-order valence-corrected chi connectivity index (χ4v) is 2.17. The highest BCUT2D eigenvalue weighted by Gasteiger charge is 2.04. The van der Waals surface area contributed by atoms with E-state index in [4.69, 9.17) is 25.8 Å². The lowest BCUT2D eigenvalue weighted by atomic mass is 10.2. The lowest BCUT2D eigenvalue weighted by Gasteiger charge is -2.11. The third kappa shape index (κ3) is 6.43. The number of nitrogens with one attached hydrogen (secondary N) is 2. The Morgan fingerprint density at radius 1 is 0.960 bits per heavy atom. The number of hydrogen-bond donors (Lipinski definition) is 2. The molecule has 0 aromatic heterocycles. The molecule has 0 saturated carbocycles. The van der Waals surface area contributed by atoms with Crippen LogP contribution in [0.5, 0.6) is 17.2 Å². The number of rotatable bonds is 8. The van der Waals surface area contributed by atoms with E-state index < -0.39 is 0 Å². The summed E-state index contributed by atoms with van der Waals surface area (Å²) in [6.45, 7) is 1.12. The molecule has 0 fully saturated rings. The normalized spacial score (nSPS) is 10.0. The maximum atomic E-state index is 11.8. The van der Waals surface area contributed by atoms with Crippen LogP contribution >= 0.6 is 11.6 Å². The molecule has 0 radical (unpaired) electrons. The minimum absolute atomic E-state index is 0.262. The highest BCUT2D eigenvalue weighted by atomic mass is 35.5. The second-order valence-corrected chi connectivity index (χ2v) is 5.57. The van der Waals surface area contributed by atoms with Crippen LogP contribution in [0.2, 0.25) is 5.02 Å². The molecule has 134 valence electrons. The van der Waals surface area contributed by atoms with Crippen molar-refractivity contribution in [1.29, 1.82) is 0 Å². The smallest absolute Gasteiger partial charge is 0.315 e. The van der Waals surface area contributed by atoms with Gasteiger partial charge in [0.15, 0.2) is 0 Å². The van der Waals surface area contributed by atoms with Gasteiger partial charge in [-0.3, -0.25) is 0 Å². The van der Waals surface area contributed by atoms with Crippen molar-refractivity contribution in [2.24, 2.45) is 0 Å². The summed E-state index contributed by atoms with van der Waals surface area (Å²) in [5.74, 6) is 1.89. The molecule has 2 amide bonds.